The zero-order valence-corrected chi connectivity index (χ0v) is 13.0. The minimum absolute atomic E-state index is 0.0748. The summed E-state index contributed by atoms with van der Waals surface area (Å²) in [6.45, 7) is 1.99. The van der Waals surface area contributed by atoms with Gasteiger partial charge < -0.3 is 10.5 Å². The highest BCUT2D eigenvalue weighted by Crippen LogP contribution is 2.35. The first-order chi connectivity index (χ1) is 10.1. The molecule has 0 bridgehead atoms. The molecule has 1 aliphatic rings. The van der Waals surface area contributed by atoms with Crippen molar-refractivity contribution in [1.82, 2.24) is 0 Å². The van der Waals surface area contributed by atoms with Gasteiger partial charge in [-0.2, -0.15) is 0 Å². The molecule has 1 atom stereocenters. The van der Waals surface area contributed by atoms with E-state index in [9.17, 15) is 0 Å². The molecule has 3 heteroatoms. The lowest BCUT2D eigenvalue weighted by Gasteiger charge is -2.15. The van der Waals surface area contributed by atoms with Gasteiger partial charge in [-0.05, 0) is 67.5 Å². The lowest BCUT2D eigenvalue weighted by molar-refractivity contribution is 0.473. The summed E-state index contributed by atoms with van der Waals surface area (Å²) in [5, 5.41) is 0.633. The Morgan fingerprint density at radius 1 is 1.19 bits per heavy atom. The van der Waals surface area contributed by atoms with E-state index >= 15 is 0 Å². The summed E-state index contributed by atoms with van der Waals surface area (Å²) in [4.78, 5) is 0. The van der Waals surface area contributed by atoms with Gasteiger partial charge in [0.05, 0.1) is 5.02 Å². The van der Waals surface area contributed by atoms with Gasteiger partial charge >= 0.3 is 0 Å². The van der Waals surface area contributed by atoms with Crippen molar-refractivity contribution in [2.45, 2.75) is 38.6 Å². The van der Waals surface area contributed by atoms with E-state index in [2.05, 4.69) is 12.1 Å². The molecule has 0 spiro atoms. The summed E-state index contributed by atoms with van der Waals surface area (Å²) >= 11 is 6.31. The fourth-order valence-electron chi connectivity index (χ4n) is 2.90. The van der Waals surface area contributed by atoms with Crippen molar-refractivity contribution in [2.75, 3.05) is 0 Å². The second-order valence-corrected chi connectivity index (χ2v) is 6.20. The number of benzene rings is 2. The normalized spacial score (nSPS) is 14.8. The van der Waals surface area contributed by atoms with Gasteiger partial charge in [0.1, 0.15) is 11.5 Å². The first-order valence-corrected chi connectivity index (χ1v) is 7.84. The highest BCUT2D eigenvalue weighted by Gasteiger charge is 2.14. The first kappa shape index (κ1) is 14.4. The second kappa shape index (κ2) is 6.08. The van der Waals surface area contributed by atoms with Crippen LogP contribution in [0.4, 0.5) is 0 Å². The largest absolute Gasteiger partial charge is 0.456 e. The van der Waals surface area contributed by atoms with Crippen LogP contribution < -0.4 is 10.5 Å². The van der Waals surface area contributed by atoms with Gasteiger partial charge in [-0.15, -0.1) is 0 Å². The summed E-state index contributed by atoms with van der Waals surface area (Å²) in [5.41, 5.74) is 9.80. The second-order valence-electron chi connectivity index (χ2n) is 5.80. The number of halogens is 1. The minimum Gasteiger partial charge on any atom is -0.456 e. The number of rotatable bonds is 4. The Labute approximate surface area is 130 Å². The number of ether oxygens (including phenoxy) is 1. The van der Waals surface area contributed by atoms with Crippen LogP contribution in [-0.4, -0.2) is 6.04 Å². The Bertz CT molecular complexity index is 652. The summed E-state index contributed by atoms with van der Waals surface area (Å²) in [5.74, 6) is 1.59. The lowest BCUT2D eigenvalue weighted by atomic mass is 10.1. The third-order valence-corrected chi connectivity index (χ3v) is 4.18. The number of para-hydroxylation sites is 1. The van der Waals surface area contributed by atoms with Crippen molar-refractivity contribution >= 4 is 11.6 Å². The van der Waals surface area contributed by atoms with E-state index in [-0.39, 0.29) is 6.04 Å². The molecular weight excluding hydrogens is 282 g/mol. The fourth-order valence-corrected chi connectivity index (χ4v) is 3.14. The molecule has 0 fully saturated rings. The molecule has 2 aromatic carbocycles. The van der Waals surface area contributed by atoms with Crippen LogP contribution in [0.15, 0.2) is 36.4 Å². The maximum Gasteiger partial charge on any atom is 0.149 e. The third-order valence-electron chi connectivity index (χ3n) is 3.88. The van der Waals surface area contributed by atoms with E-state index in [0.29, 0.717) is 5.02 Å². The maximum absolute atomic E-state index is 6.31. The molecular formula is C18H20ClNO. The van der Waals surface area contributed by atoms with Crippen LogP contribution in [0.25, 0.3) is 0 Å². The summed E-state index contributed by atoms with van der Waals surface area (Å²) in [6, 6.07) is 12.2. The Balaban J connectivity index is 1.90. The third kappa shape index (κ3) is 3.22. The van der Waals surface area contributed by atoms with Crippen LogP contribution in [-0.2, 0) is 19.3 Å². The van der Waals surface area contributed by atoms with Gasteiger partial charge in [-0.3, -0.25) is 0 Å². The van der Waals surface area contributed by atoms with Crippen LogP contribution in [0, 0.1) is 0 Å². The summed E-state index contributed by atoms with van der Waals surface area (Å²) < 4.78 is 6.08. The first-order valence-electron chi connectivity index (χ1n) is 7.46. The van der Waals surface area contributed by atoms with E-state index < -0.39 is 0 Å². The number of hydrogen-bond acceptors (Lipinski definition) is 2. The maximum atomic E-state index is 6.31. The molecule has 1 unspecified atom stereocenters. The molecule has 21 heavy (non-hydrogen) atoms. The molecule has 0 aliphatic heterocycles. The number of nitrogens with two attached hydrogens (primary N) is 1. The monoisotopic (exact) mass is 301 g/mol. The Morgan fingerprint density at radius 3 is 2.81 bits per heavy atom. The Morgan fingerprint density at radius 2 is 2.00 bits per heavy atom. The van der Waals surface area contributed by atoms with Gasteiger partial charge in [0.15, 0.2) is 0 Å². The molecule has 2 aromatic rings. The average molecular weight is 302 g/mol. The van der Waals surface area contributed by atoms with E-state index in [1.807, 2.05) is 31.2 Å². The van der Waals surface area contributed by atoms with Crippen LogP contribution in [0.5, 0.6) is 11.5 Å². The SMILES string of the molecule is CC(N)Cc1cccc(Cl)c1Oc1ccc2c(c1)CCC2. The standard InChI is InChI=1S/C18H20ClNO/c1-12(20)10-15-6-3-7-17(19)18(15)21-16-9-8-13-4-2-5-14(13)11-16/h3,6-9,11-12H,2,4-5,10,20H2,1H3. The fraction of sp³-hybridized carbons (Fsp3) is 0.333. The number of aryl methyl sites for hydroxylation is 2. The number of fused-ring (bicyclic) bond motifs is 1. The topological polar surface area (TPSA) is 35.2 Å². The van der Waals surface area contributed by atoms with Crippen molar-refractivity contribution in [3.8, 4) is 11.5 Å². The zero-order valence-electron chi connectivity index (χ0n) is 12.2. The van der Waals surface area contributed by atoms with Crippen molar-refractivity contribution < 1.29 is 4.74 Å². The molecule has 0 radical (unpaired) electrons. The van der Waals surface area contributed by atoms with Gasteiger partial charge in [-0.25, -0.2) is 0 Å². The zero-order chi connectivity index (χ0) is 14.8. The van der Waals surface area contributed by atoms with Crippen molar-refractivity contribution in [2.24, 2.45) is 5.73 Å². The average Bonchev–Trinajstić information content (AvgIpc) is 2.89. The predicted octanol–water partition coefficient (Wildman–Crippen LogP) is 4.51. The molecule has 3 rings (SSSR count). The number of hydrogen-bond donors (Lipinski definition) is 1. The van der Waals surface area contributed by atoms with E-state index in [0.717, 1.165) is 29.9 Å². The molecule has 0 saturated heterocycles. The smallest absolute Gasteiger partial charge is 0.149 e. The Kier molecular flexibility index (Phi) is 4.18. The molecule has 0 saturated carbocycles. The molecule has 0 heterocycles. The predicted molar refractivity (Wildman–Crippen MR) is 87.3 cm³/mol. The van der Waals surface area contributed by atoms with Crippen molar-refractivity contribution in [3.05, 3.63) is 58.1 Å². The molecule has 0 aromatic heterocycles. The molecule has 2 N–H and O–H groups in total. The van der Waals surface area contributed by atoms with E-state index in [1.165, 1.54) is 24.0 Å². The van der Waals surface area contributed by atoms with Crippen LogP contribution in [0.3, 0.4) is 0 Å². The summed E-state index contributed by atoms with van der Waals surface area (Å²) in [6.07, 6.45) is 4.31. The lowest BCUT2D eigenvalue weighted by Crippen LogP contribution is -2.18. The van der Waals surface area contributed by atoms with E-state index in [1.54, 1.807) is 0 Å². The van der Waals surface area contributed by atoms with Gasteiger partial charge in [-0.1, -0.05) is 29.8 Å². The van der Waals surface area contributed by atoms with Crippen LogP contribution >= 0.6 is 11.6 Å². The molecule has 1 aliphatic carbocycles. The van der Waals surface area contributed by atoms with E-state index in [4.69, 9.17) is 22.1 Å². The highest BCUT2D eigenvalue weighted by atomic mass is 35.5. The molecule has 0 amide bonds. The van der Waals surface area contributed by atoms with Crippen LogP contribution in [0.1, 0.15) is 30.0 Å². The van der Waals surface area contributed by atoms with Gasteiger partial charge in [0.2, 0.25) is 0 Å². The molecule has 2 nitrogen and oxygen atoms in total. The van der Waals surface area contributed by atoms with Crippen LogP contribution in [0.2, 0.25) is 5.02 Å². The minimum atomic E-state index is 0.0748. The van der Waals surface area contributed by atoms with Gasteiger partial charge in [0.25, 0.3) is 0 Å². The molecule has 110 valence electrons. The highest BCUT2D eigenvalue weighted by molar-refractivity contribution is 6.32. The van der Waals surface area contributed by atoms with Crippen molar-refractivity contribution in [1.29, 1.82) is 0 Å². The summed E-state index contributed by atoms with van der Waals surface area (Å²) in [7, 11) is 0. The Hall–Kier alpha value is -1.51. The van der Waals surface area contributed by atoms with Gasteiger partial charge in [0, 0.05) is 6.04 Å². The quantitative estimate of drug-likeness (QED) is 0.901. The van der Waals surface area contributed by atoms with Crippen molar-refractivity contribution in [3.63, 3.8) is 0 Å².